The fourth-order valence-electron chi connectivity index (χ4n) is 6.57. The highest BCUT2D eigenvalue weighted by Crippen LogP contribution is 2.38. The highest BCUT2D eigenvalue weighted by molar-refractivity contribution is 6.00. The van der Waals surface area contributed by atoms with Crippen LogP contribution in [0.15, 0.2) is 42.5 Å². The first kappa shape index (κ1) is 23.5. The lowest BCUT2D eigenvalue weighted by atomic mass is 10.00. The number of carbonyl (C=O) groups excluding carboxylic acids is 2. The van der Waals surface area contributed by atoms with Crippen LogP contribution in [0.1, 0.15) is 51.1 Å². The highest BCUT2D eigenvalue weighted by Gasteiger charge is 2.38. The molecule has 2 aromatic carbocycles. The average molecular weight is 490 g/mol. The first-order chi connectivity index (χ1) is 17.5. The van der Waals surface area contributed by atoms with Gasteiger partial charge in [0.1, 0.15) is 12.4 Å². The van der Waals surface area contributed by atoms with Crippen molar-refractivity contribution in [1.29, 1.82) is 0 Å². The first-order valence-electron chi connectivity index (χ1n) is 13.4. The molecule has 0 bridgehead atoms. The number of ether oxygens (including phenoxy) is 1. The van der Waals surface area contributed by atoms with Crippen LogP contribution in [0, 0.1) is 11.8 Å². The van der Waals surface area contributed by atoms with E-state index in [-0.39, 0.29) is 18.4 Å². The Balaban J connectivity index is 1.09. The summed E-state index contributed by atoms with van der Waals surface area (Å²) in [5.74, 6) is 1.64. The van der Waals surface area contributed by atoms with Gasteiger partial charge in [0, 0.05) is 44.8 Å². The van der Waals surface area contributed by atoms with Crippen molar-refractivity contribution in [1.82, 2.24) is 14.7 Å². The molecule has 1 saturated carbocycles. The quantitative estimate of drug-likeness (QED) is 0.699. The molecule has 1 aliphatic carbocycles. The van der Waals surface area contributed by atoms with Gasteiger partial charge < -0.3 is 19.6 Å². The monoisotopic (exact) mass is 489 g/mol. The largest absolute Gasteiger partial charge is 0.491 e. The van der Waals surface area contributed by atoms with Crippen LogP contribution >= 0.6 is 0 Å². The molecule has 4 aliphatic rings. The van der Waals surface area contributed by atoms with E-state index in [0.717, 1.165) is 32.6 Å². The lowest BCUT2D eigenvalue weighted by Crippen LogP contribution is -2.44. The number of carbonyl (C=O) groups is 2. The minimum Gasteiger partial charge on any atom is -0.491 e. The third-order valence-electron chi connectivity index (χ3n) is 8.49. The van der Waals surface area contributed by atoms with Gasteiger partial charge >= 0.3 is 0 Å². The second-order valence-electron chi connectivity index (χ2n) is 10.9. The average Bonchev–Trinajstić information content (AvgIpc) is 3.46. The molecule has 1 N–H and O–H groups in total. The number of likely N-dealkylation sites (tertiary alicyclic amines) is 1. The molecule has 2 amide bonds. The molecule has 0 radical (unpaired) electrons. The Kier molecular flexibility index (Phi) is 6.44. The fraction of sp³-hybridized carbons (Fsp3) is 0.517. The van der Waals surface area contributed by atoms with E-state index in [4.69, 9.17) is 4.74 Å². The Morgan fingerprint density at radius 1 is 1.03 bits per heavy atom. The number of rotatable bonds is 5. The number of aliphatic hydroxyl groups excluding tert-OH is 1. The summed E-state index contributed by atoms with van der Waals surface area (Å²) in [5.41, 5.74) is 3.73. The maximum Gasteiger partial charge on any atom is 0.257 e. The molecule has 3 heterocycles. The number of β-amino-alcohol motifs (C(OH)–C–C–N with tert-alkyl or cyclic N) is 1. The lowest BCUT2D eigenvalue weighted by Gasteiger charge is -2.32. The van der Waals surface area contributed by atoms with E-state index < -0.39 is 6.10 Å². The molecule has 7 nitrogen and oxygen atoms in total. The van der Waals surface area contributed by atoms with Gasteiger partial charge in [-0.2, -0.15) is 0 Å². The molecule has 36 heavy (non-hydrogen) atoms. The van der Waals surface area contributed by atoms with Crippen LogP contribution < -0.4 is 4.74 Å². The van der Waals surface area contributed by atoms with Crippen LogP contribution in [0.5, 0.6) is 5.75 Å². The van der Waals surface area contributed by atoms with E-state index in [9.17, 15) is 14.7 Å². The number of fused-ring (bicyclic) bond motifs is 3. The van der Waals surface area contributed by atoms with E-state index in [1.807, 2.05) is 4.90 Å². The topological polar surface area (TPSA) is 73.3 Å². The molecule has 2 unspecified atom stereocenters. The summed E-state index contributed by atoms with van der Waals surface area (Å²) < 4.78 is 5.92. The van der Waals surface area contributed by atoms with E-state index >= 15 is 0 Å². The van der Waals surface area contributed by atoms with Crippen molar-refractivity contribution in [3.63, 3.8) is 0 Å². The summed E-state index contributed by atoms with van der Waals surface area (Å²) in [6.07, 6.45) is 4.07. The maximum atomic E-state index is 13.3. The van der Waals surface area contributed by atoms with Gasteiger partial charge in [0.15, 0.2) is 0 Å². The molecule has 7 heteroatoms. The number of hydrogen-bond donors (Lipinski definition) is 1. The van der Waals surface area contributed by atoms with Crippen molar-refractivity contribution in [2.24, 2.45) is 11.8 Å². The summed E-state index contributed by atoms with van der Waals surface area (Å²) in [5, 5.41) is 10.8. The molecule has 0 spiro atoms. The van der Waals surface area contributed by atoms with Crippen molar-refractivity contribution in [2.45, 2.75) is 38.3 Å². The SMILES string of the molecule is O=C(c1ccc2c(c1)OCCN(C[C@H](O)CN1CCc3ccccc3C1)C2=O)N1CC2CCCC2C1. The Morgan fingerprint density at radius 2 is 1.81 bits per heavy atom. The van der Waals surface area contributed by atoms with Crippen molar-refractivity contribution in [3.05, 3.63) is 64.7 Å². The van der Waals surface area contributed by atoms with Crippen LogP contribution in [0.25, 0.3) is 0 Å². The zero-order chi connectivity index (χ0) is 24.6. The second kappa shape index (κ2) is 9.87. The normalized spacial score (nSPS) is 24.5. The van der Waals surface area contributed by atoms with Crippen molar-refractivity contribution < 1.29 is 19.4 Å². The number of aliphatic hydroxyl groups is 1. The molecule has 190 valence electrons. The first-order valence-corrected chi connectivity index (χ1v) is 13.4. The third kappa shape index (κ3) is 4.62. The molecule has 2 fully saturated rings. The molecule has 0 aromatic heterocycles. The van der Waals surface area contributed by atoms with Gasteiger partial charge in [0.05, 0.1) is 18.2 Å². The third-order valence-corrected chi connectivity index (χ3v) is 8.49. The predicted octanol–water partition coefficient (Wildman–Crippen LogP) is 2.81. The summed E-state index contributed by atoms with van der Waals surface area (Å²) in [7, 11) is 0. The Hall–Kier alpha value is -2.90. The predicted molar refractivity (Wildman–Crippen MR) is 136 cm³/mol. The molecular weight excluding hydrogens is 454 g/mol. The van der Waals surface area contributed by atoms with Crippen LogP contribution in [0.4, 0.5) is 0 Å². The molecule has 1 saturated heterocycles. The van der Waals surface area contributed by atoms with E-state index in [1.165, 1.54) is 30.4 Å². The van der Waals surface area contributed by atoms with Gasteiger partial charge in [0.2, 0.25) is 0 Å². The molecule has 3 atom stereocenters. The Labute approximate surface area is 212 Å². The van der Waals surface area contributed by atoms with E-state index in [0.29, 0.717) is 48.4 Å². The molecular formula is C29H35N3O4. The van der Waals surface area contributed by atoms with Crippen LogP contribution in [-0.2, 0) is 13.0 Å². The molecule has 2 aromatic rings. The van der Waals surface area contributed by atoms with Gasteiger partial charge in [-0.05, 0) is 60.4 Å². The Bertz CT molecular complexity index is 1140. The van der Waals surface area contributed by atoms with Gasteiger partial charge in [0.25, 0.3) is 11.8 Å². The van der Waals surface area contributed by atoms with Crippen LogP contribution in [0.2, 0.25) is 0 Å². The number of hydrogen-bond acceptors (Lipinski definition) is 5. The van der Waals surface area contributed by atoms with Gasteiger partial charge in [-0.3, -0.25) is 14.5 Å². The fourth-order valence-corrected chi connectivity index (χ4v) is 6.57. The smallest absolute Gasteiger partial charge is 0.257 e. The standard InChI is InChI=1S/C29H35N3O4/c33-25(18-30-11-10-20-4-1-2-5-22(20)15-30)19-31-12-13-36-27-14-21(8-9-26(27)29(31)35)28(34)32-16-23-6-3-7-24(23)17-32/h1-2,4-5,8-9,14,23-25,33H,3,6-7,10-13,15-19H2/t23?,24?,25-/m1/s1. The summed E-state index contributed by atoms with van der Waals surface area (Å²) in [6.45, 7) is 4.95. The number of benzene rings is 2. The van der Waals surface area contributed by atoms with E-state index in [1.54, 1.807) is 23.1 Å². The van der Waals surface area contributed by atoms with E-state index in [2.05, 4.69) is 29.2 Å². The minimum absolute atomic E-state index is 0.0304. The highest BCUT2D eigenvalue weighted by atomic mass is 16.5. The number of nitrogens with zero attached hydrogens (tertiary/aromatic N) is 3. The van der Waals surface area contributed by atoms with Crippen LogP contribution in [0.3, 0.4) is 0 Å². The molecule has 6 rings (SSSR count). The van der Waals surface area contributed by atoms with Gasteiger partial charge in [-0.15, -0.1) is 0 Å². The second-order valence-corrected chi connectivity index (χ2v) is 10.9. The van der Waals surface area contributed by atoms with Crippen molar-refractivity contribution in [3.8, 4) is 5.75 Å². The number of amides is 2. The Morgan fingerprint density at radius 3 is 2.61 bits per heavy atom. The molecule has 3 aliphatic heterocycles. The van der Waals surface area contributed by atoms with Crippen molar-refractivity contribution >= 4 is 11.8 Å². The van der Waals surface area contributed by atoms with Gasteiger partial charge in [-0.25, -0.2) is 0 Å². The lowest BCUT2D eigenvalue weighted by molar-refractivity contribution is 0.0501. The minimum atomic E-state index is -0.642. The summed E-state index contributed by atoms with van der Waals surface area (Å²) >= 11 is 0. The maximum absolute atomic E-state index is 13.3. The zero-order valence-corrected chi connectivity index (χ0v) is 20.8. The van der Waals surface area contributed by atoms with Crippen molar-refractivity contribution in [2.75, 3.05) is 45.9 Å². The van der Waals surface area contributed by atoms with Crippen LogP contribution in [-0.4, -0.2) is 83.6 Å². The summed E-state index contributed by atoms with van der Waals surface area (Å²) in [4.78, 5) is 32.4. The zero-order valence-electron chi connectivity index (χ0n) is 20.8. The van der Waals surface area contributed by atoms with Gasteiger partial charge in [-0.1, -0.05) is 30.7 Å². The summed E-state index contributed by atoms with van der Waals surface area (Å²) in [6, 6.07) is 13.6.